The Balaban J connectivity index is 3.92. The van der Waals surface area contributed by atoms with E-state index >= 15 is 0 Å². The Kier molecular flexibility index (Phi) is 5.39. The maximum atomic E-state index is 10.4. The highest BCUT2D eigenvalue weighted by Crippen LogP contribution is 2.02. The van der Waals surface area contributed by atoms with E-state index < -0.39 is 5.97 Å². The highest BCUT2D eigenvalue weighted by molar-refractivity contribution is 5.85. The molecule has 0 fully saturated rings. The maximum Gasteiger partial charge on any atom is 0.331 e. The Morgan fingerprint density at radius 2 is 2.00 bits per heavy atom. The normalized spacial score (nSPS) is 14.7. The first-order chi connectivity index (χ1) is 5.93. The van der Waals surface area contributed by atoms with Crippen LogP contribution in [0.3, 0.4) is 0 Å². The lowest BCUT2D eigenvalue weighted by Crippen LogP contribution is -2.12. The van der Waals surface area contributed by atoms with Gasteiger partial charge in [-0.1, -0.05) is 13.8 Å². The number of carbonyl (C=O) groups is 1. The summed E-state index contributed by atoms with van der Waals surface area (Å²) in [6.45, 7) is 8.18. The maximum absolute atomic E-state index is 10.4. The van der Waals surface area contributed by atoms with E-state index in [2.05, 4.69) is 13.8 Å². The fourth-order valence-corrected chi connectivity index (χ4v) is 0.816. The van der Waals surface area contributed by atoms with Crippen LogP contribution in [-0.2, 0) is 9.53 Å². The van der Waals surface area contributed by atoms with E-state index in [9.17, 15) is 4.79 Å². The van der Waals surface area contributed by atoms with Gasteiger partial charge in [0.1, 0.15) is 0 Å². The van der Waals surface area contributed by atoms with Gasteiger partial charge in [-0.3, -0.25) is 0 Å². The van der Waals surface area contributed by atoms with Crippen molar-refractivity contribution in [2.45, 2.75) is 33.8 Å². The quantitative estimate of drug-likeness (QED) is 0.669. The molecule has 0 saturated carbocycles. The SMILES string of the molecule is C/C(=C\C(C)OCC(C)C)C(=O)O. The molecule has 0 rings (SSSR count). The number of ether oxygens (including phenoxy) is 1. The lowest BCUT2D eigenvalue weighted by Gasteiger charge is -2.11. The minimum absolute atomic E-state index is 0.126. The van der Waals surface area contributed by atoms with E-state index in [1.807, 2.05) is 6.92 Å². The molecule has 0 radical (unpaired) electrons. The molecule has 0 aromatic carbocycles. The van der Waals surface area contributed by atoms with Crippen LogP contribution in [0.4, 0.5) is 0 Å². The summed E-state index contributed by atoms with van der Waals surface area (Å²) < 4.78 is 5.38. The number of aliphatic carboxylic acids is 1. The fraction of sp³-hybridized carbons (Fsp3) is 0.700. The van der Waals surface area contributed by atoms with Crippen LogP contribution in [0.25, 0.3) is 0 Å². The molecule has 0 heterocycles. The molecule has 0 bridgehead atoms. The third-order valence-electron chi connectivity index (χ3n) is 1.51. The van der Waals surface area contributed by atoms with Gasteiger partial charge in [-0.05, 0) is 25.8 Å². The summed E-state index contributed by atoms with van der Waals surface area (Å²) in [5.74, 6) is -0.416. The smallest absolute Gasteiger partial charge is 0.331 e. The Bertz CT molecular complexity index is 194. The molecule has 0 spiro atoms. The first kappa shape index (κ1) is 12.2. The van der Waals surface area contributed by atoms with Crippen molar-refractivity contribution in [3.63, 3.8) is 0 Å². The van der Waals surface area contributed by atoms with Crippen molar-refractivity contribution in [1.82, 2.24) is 0 Å². The largest absolute Gasteiger partial charge is 0.478 e. The minimum atomic E-state index is -0.889. The number of hydrogen-bond donors (Lipinski definition) is 1. The van der Waals surface area contributed by atoms with Crippen LogP contribution in [0, 0.1) is 5.92 Å². The van der Waals surface area contributed by atoms with Gasteiger partial charge < -0.3 is 9.84 Å². The number of carboxylic acids is 1. The van der Waals surface area contributed by atoms with Crippen LogP contribution < -0.4 is 0 Å². The van der Waals surface area contributed by atoms with Crippen molar-refractivity contribution in [1.29, 1.82) is 0 Å². The van der Waals surface area contributed by atoms with E-state index in [1.54, 1.807) is 13.0 Å². The van der Waals surface area contributed by atoms with Crippen LogP contribution in [-0.4, -0.2) is 23.8 Å². The molecule has 0 aromatic heterocycles. The molecule has 3 nitrogen and oxygen atoms in total. The van der Waals surface area contributed by atoms with E-state index in [0.29, 0.717) is 18.1 Å². The van der Waals surface area contributed by atoms with Crippen molar-refractivity contribution in [3.8, 4) is 0 Å². The van der Waals surface area contributed by atoms with Gasteiger partial charge in [-0.25, -0.2) is 4.79 Å². The highest BCUT2D eigenvalue weighted by atomic mass is 16.5. The molecule has 13 heavy (non-hydrogen) atoms. The molecule has 0 aliphatic heterocycles. The fourth-order valence-electron chi connectivity index (χ4n) is 0.816. The second-order valence-electron chi connectivity index (χ2n) is 3.59. The van der Waals surface area contributed by atoms with Crippen LogP contribution >= 0.6 is 0 Å². The first-order valence-electron chi connectivity index (χ1n) is 4.46. The second-order valence-corrected chi connectivity index (χ2v) is 3.59. The second kappa shape index (κ2) is 5.75. The summed E-state index contributed by atoms with van der Waals surface area (Å²) in [4.78, 5) is 10.4. The molecule has 3 heteroatoms. The number of carboxylic acid groups (broad SMARTS) is 1. The third-order valence-corrected chi connectivity index (χ3v) is 1.51. The van der Waals surface area contributed by atoms with Crippen molar-refractivity contribution < 1.29 is 14.6 Å². The predicted molar refractivity (Wildman–Crippen MR) is 51.6 cm³/mol. The average molecular weight is 186 g/mol. The minimum Gasteiger partial charge on any atom is -0.478 e. The van der Waals surface area contributed by atoms with Crippen LogP contribution in [0.15, 0.2) is 11.6 Å². The van der Waals surface area contributed by atoms with Gasteiger partial charge >= 0.3 is 5.97 Å². The lowest BCUT2D eigenvalue weighted by molar-refractivity contribution is -0.132. The van der Waals surface area contributed by atoms with E-state index in [4.69, 9.17) is 9.84 Å². The van der Waals surface area contributed by atoms with Gasteiger partial charge in [0.2, 0.25) is 0 Å². The Morgan fingerprint density at radius 3 is 2.38 bits per heavy atom. The van der Waals surface area contributed by atoms with Crippen molar-refractivity contribution in [2.24, 2.45) is 5.92 Å². The molecular formula is C10H18O3. The molecular weight excluding hydrogens is 168 g/mol. The van der Waals surface area contributed by atoms with Gasteiger partial charge in [0.15, 0.2) is 0 Å². The Labute approximate surface area is 79.4 Å². The van der Waals surface area contributed by atoms with Gasteiger partial charge in [0.25, 0.3) is 0 Å². The molecule has 76 valence electrons. The Hall–Kier alpha value is -0.830. The molecule has 0 aliphatic carbocycles. The average Bonchev–Trinajstić information content (AvgIpc) is 2.00. The third kappa shape index (κ3) is 6.34. The van der Waals surface area contributed by atoms with Crippen LogP contribution in [0.1, 0.15) is 27.7 Å². The van der Waals surface area contributed by atoms with Crippen LogP contribution in [0.2, 0.25) is 0 Å². The highest BCUT2D eigenvalue weighted by Gasteiger charge is 2.04. The summed E-state index contributed by atoms with van der Waals surface area (Å²) >= 11 is 0. The Morgan fingerprint density at radius 1 is 1.46 bits per heavy atom. The van der Waals surface area contributed by atoms with Gasteiger partial charge in [-0.15, -0.1) is 0 Å². The summed E-state index contributed by atoms with van der Waals surface area (Å²) in [5, 5.41) is 8.58. The van der Waals surface area contributed by atoms with Crippen molar-refractivity contribution in [3.05, 3.63) is 11.6 Å². The molecule has 0 aliphatic rings. The summed E-state index contributed by atoms with van der Waals surface area (Å²) in [5.41, 5.74) is 0.330. The van der Waals surface area contributed by atoms with E-state index in [-0.39, 0.29) is 6.10 Å². The summed E-state index contributed by atoms with van der Waals surface area (Å²) in [6, 6.07) is 0. The monoisotopic (exact) mass is 186 g/mol. The molecule has 1 N–H and O–H groups in total. The predicted octanol–water partition coefficient (Wildman–Crippen LogP) is 2.08. The standard InChI is InChI=1S/C10H18O3/c1-7(2)6-13-9(4)5-8(3)10(11)12/h5,7,9H,6H2,1-4H3,(H,11,12)/b8-5+. The van der Waals surface area contributed by atoms with Gasteiger partial charge in [0, 0.05) is 12.2 Å². The van der Waals surface area contributed by atoms with E-state index in [0.717, 1.165) is 0 Å². The number of rotatable bonds is 5. The molecule has 0 aromatic rings. The zero-order valence-electron chi connectivity index (χ0n) is 8.70. The van der Waals surface area contributed by atoms with Crippen molar-refractivity contribution >= 4 is 5.97 Å². The van der Waals surface area contributed by atoms with Gasteiger partial charge in [0.05, 0.1) is 6.10 Å². The van der Waals surface area contributed by atoms with E-state index in [1.165, 1.54) is 0 Å². The molecule has 0 amide bonds. The number of hydrogen-bond acceptors (Lipinski definition) is 2. The molecule has 0 saturated heterocycles. The topological polar surface area (TPSA) is 46.5 Å². The zero-order chi connectivity index (χ0) is 10.4. The van der Waals surface area contributed by atoms with Gasteiger partial charge in [-0.2, -0.15) is 0 Å². The summed E-state index contributed by atoms with van der Waals surface area (Å²) in [7, 11) is 0. The molecule has 1 unspecified atom stereocenters. The zero-order valence-corrected chi connectivity index (χ0v) is 8.70. The summed E-state index contributed by atoms with van der Waals surface area (Å²) in [6.07, 6.45) is 1.49. The lowest BCUT2D eigenvalue weighted by atomic mass is 10.2. The van der Waals surface area contributed by atoms with Crippen molar-refractivity contribution in [2.75, 3.05) is 6.61 Å². The first-order valence-corrected chi connectivity index (χ1v) is 4.46. The van der Waals surface area contributed by atoms with Crippen LogP contribution in [0.5, 0.6) is 0 Å². The molecule has 1 atom stereocenters.